The number of likely N-dealkylation sites (N-methyl/N-ethyl adjacent to an activating group) is 1. The zero-order valence-corrected chi connectivity index (χ0v) is 10.9. The van der Waals surface area contributed by atoms with E-state index in [4.69, 9.17) is 22.1 Å². The molecule has 2 rings (SSSR count). The SMILES string of the molecule is CN(c1ccc(CCN)c(Cl)c1)C1CCOC1. The van der Waals surface area contributed by atoms with E-state index in [0.29, 0.717) is 12.6 Å². The highest BCUT2D eigenvalue weighted by Crippen LogP contribution is 2.26. The van der Waals surface area contributed by atoms with E-state index in [1.54, 1.807) is 0 Å². The molecule has 17 heavy (non-hydrogen) atoms. The lowest BCUT2D eigenvalue weighted by molar-refractivity contribution is 0.193. The number of ether oxygens (including phenoxy) is 1. The molecule has 1 aromatic rings. The molecule has 0 radical (unpaired) electrons. The molecule has 0 aliphatic carbocycles. The van der Waals surface area contributed by atoms with Gasteiger partial charge < -0.3 is 15.4 Å². The molecule has 0 spiro atoms. The van der Waals surface area contributed by atoms with Gasteiger partial charge in [0, 0.05) is 24.4 Å². The first-order valence-electron chi connectivity index (χ1n) is 6.01. The maximum Gasteiger partial charge on any atom is 0.0670 e. The average molecular weight is 255 g/mol. The minimum Gasteiger partial charge on any atom is -0.379 e. The zero-order valence-electron chi connectivity index (χ0n) is 10.2. The highest BCUT2D eigenvalue weighted by molar-refractivity contribution is 6.31. The predicted octanol–water partition coefficient (Wildman–Crippen LogP) is 2.07. The van der Waals surface area contributed by atoms with Gasteiger partial charge in [0.15, 0.2) is 0 Å². The van der Waals surface area contributed by atoms with Crippen LogP contribution in [0.25, 0.3) is 0 Å². The number of nitrogens with two attached hydrogens (primary N) is 1. The van der Waals surface area contributed by atoms with Gasteiger partial charge in [-0.15, -0.1) is 0 Å². The van der Waals surface area contributed by atoms with E-state index < -0.39 is 0 Å². The predicted molar refractivity (Wildman–Crippen MR) is 71.8 cm³/mol. The fourth-order valence-electron chi connectivity index (χ4n) is 2.15. The Morgan fingerprint density at radius 3 is 2.94 bits per heavy atom. The van der Waals surface area contributed by atoms with Crippen molar-refractivity contribution in [2.45, 2.75) is 18.9 Å². The molecule has 1 aromatic carbocycles. The van der Waals surface area contributed by atoms with Crippen LogP contribution in [0, 0.1) is 0 Å². The Morgan fingerprint density at radius 1 is 1.53 bits per heavy atom. The van der Waals surface area contributed by atoms with Crippen LogP contribution in [0.2, 0.25) is 5.02 Å². The summed E-state index contributed by atoms with van der Waals surface area (Å²) in [5.74, 6) is 0. The fourth-order valence-corrected chi connectivity index (χ4v) is 2.42. The smallest absolute Gasteiger partial charge is 0.0670 e. The van der Waals surface area contributed by atoms with Crippen LogP contribution in [0.1, 0.15) is 12.0 Å². The van der Waals surface area contributed by atoms with Gasteiger partial charge in [-0.1, -0.05) is 17.7 Å². The summed E-state index contributed by atoms with van der Waals surface area (Å²) in [6.45, 7) is 2.29. The molecule has 0 bridgehead atoms. The zero-order chi connectivity index (χ0) is 12.3. The summed E-state index contributed by atoms with van der Waals surface area (Å²) in [7, 11) is 2.09. The first kappa shape index (κ1) is 12.7. The highest BCUT2D eigenvalue weighted by atomic mass is 35.5. The Morgan fingerprint density at radius 2 is 2.35 bits per heavy atom. The van der Waals surface area contributed by atoms with Crippen molar-refractivity contribution in [3.63, 3.8) is 0 Å². The Kier molecular flexibility index (Phi) is 4.26. The Labute approximate surface area is 107 Å². The molecule has 94 valence electrons. The third-order valence-electron chi connectivity index (χ3n) is 3.31. The Balaban J connectivity index is 2.12. The van der Waals surface area contributed by atoms with Gasteiger partial charge in [0.25, 0.3) is 0 Å². The van der Waals surface area contributed by atoms with Crippen molar-refractivity contribution in [2.24, 2.45) is 5.73 Å². The van der Waals surface area contributed by atoms with Crippen LogP contribution in [0.4, 0.5) is 5.69 Å². The lowest BCUT2D eigenvalue weighted by Crippen LogP contribution is -2.31. The summed E-state index contributed by atoms with van der Waals surface area (Å²) in [5, 5.41) is 0.804. The van der Waals surface area contributed by atoms with E-state index in [1.807, 2.05) is 6.07 Å². The van der Waals surface area contributed by atoms with Crippen LogP contribution >= 0.6 is 11.6 Å². The molecule has 3 nitrogen and oxygen atoms in total. The van der Waals surface area contributed by atoms with E-state index >= 15 is 0 Å². The average Bonchev–Trinajstić information content (AvgIpc) is 2.84. The number of halogens is 1. The van der Waals surface area contributed by atoms with Gasteiger partial charge in [-0.25, -0.2) is 0 Å². The van der Waals surface area contributed by atoms with Gasteiger partial charge in [0.05, 0.1) is 12.6 Å². The minimum absolute atomic E-state index is 0.464. The molecule has 1 atom stereocenters. The van der Waals surface area contributed by atoms with Gasteiger partial charge in [-0.05, 0) is 37.1 Å². The summed E-state index contributed by atoms with van der Waals surface area (Å²) in [4.78, 5) is 2.24. The molecule has 1 heterocycles. The summed E-state index contributed by atoms with van der Waals surface area (Å²) in [6, 6.07) is 6.66. The molecule has 1 fully saturated rings. The molecule has 0 amide bonds. The second-order valence-electron chi connectivity index (χ2n) is 4.44. The molecule has 1 unspecified atom stereocenters. The number of anilines is 1. The van der Waals surface area contributed by atoms with Crippen LogP contribution < -0.4 is 10.6 Å². The largest absolute Gasteiger partial charge is 0.379 e. The minimum atomic E-state index is 0.464. The number of hydrogen-bond acceptors (Lipinski definition) is 3. The van der Waals surface area contributed by atoms with Crippen LogP contribution in [-0.2, 0) is 11.2 Å². The number of nitrogens with zero attached hydrogens (tertiary/aromatic N) is 1. The Bertz CT molecular complexity index is 378. The summed E-state index contributed by atoms with van der Waals surface area (Å²) in [5.41, 5.74) is 7.81. The number of hydrogen-bond donors (Lipinski definition) is 1. The van der Waals surface area contributed by atoms with Crippen molar-refractivity contribution in [1.82, 2.24) is 0 Å². The first-order chi connectivity index (χ1) is 8.22. The van der Waals surface area contributed by atoms with Crippen molar-refractivity contribution >= 4 is 17.3 Å². The standard InChI is InChI=1S/C13H19ClN2O/c1-16(12-5-7-17-9-12)11-3-2-10(4-6-15)13(14)8-11/h2-3,8,12H,4-7,9,15H2,1H3. The second kappa shape index (κ2) is 5.71. The van der Waals surface area contributed by atoms with Crippen LogP contribution in [0.5, 0.6) is 0 Å². The monoisotopic (exact) mass is 254 g/mol. The highest BCUT2D eigenvalue weighted by Gasteiger charge is 2.20. The van der Waals surface area contributed by atoms with Gasteiger partial charge >= 0.3 is 0 Å². The number of benzene rings is 1. The number of rotatable bonds is 4. The maximum absolute atomic E-state index is 6.25. The lowest BCUT2D eigenvalue weighted by atomic mass is 10.1. The lowest BCUT2D eigenvalue weighted by Gasteiger charge is -2.26. The summed E-state index contributed by atoms with van der Waals surface area (Å²) < 4.78 is 5.40. The third kappa shape index (κ3) is 2.92. The topological polar surface area (TPSA) is 38.5 Å². The van der Waals surface area contributed by atoms with E-state index in [9.17, 15) is 0 Å². The van der Waals surface area contributed by atoms with E-state index in [2.05, 4.69) is 24.1 Å². The normalized spacial score (nSPS) is 19.6. The molecule has 0 aromatic heterocycles. The van der Waals surface area contributed by atoms with E-state index in [0.717, 1.165) is 42.3 Å². The van der Waals surface area contributed by atoms with Crippen molar-refractivity contribution in [2.75, 3.05) is 31.7 Å². The van der Waals surface area contributed by atoms with Gasteiger partial charge in [-0.2, -0.15) is 0 Å². The molecule has 1 aliphatic rings. The summed E-state index contributed by atoms with van der Waals surface area (Å²) in [6.07, 6.45) is 1.91. The van der Waals surface area contributed by atoms with Crippen molar-refractivity contribution in [3.05, 3.63) is 28.8 Å². The second-order valence-corrected chi connectivity index (χ2v) is 4.85. The summed E-state index contributed by atoms with van der Waals surface area (Å²) >= 11 is 6.25. The first-order valence-corrected chi connectivity index (χ1v) is 6.39. The van der Waals surface area contributed by atoms with Crippen molar-refractivity contribution in [3.8, 4) is 0 Å². The van der Waals surface area contributed by atoms with Crippen LogP contribution in [0.3, 0.4) is 0 Å². The molecule has 1 aliphatic heterocycles. The Hall–Kier alpha value is -0.770. The fraction of sp³-hybridized carbons (Fsp3) is 0.538. The molecular weight excluding hydrogens is 236 g/mol. The third-order valence-corrected chi connectivity index (χ3v) is 3.66. The maximum atomic E-state index is 6.25. The van der Waals surface area contributed by atoms with Crippen LogP contribution in [0.15, 0.2) is 18.2 Å². The van der Waals surface area contributed by atoms with Crippen molar-refractivity contribution in [1.29, 1.82) is 0 Å². The quantitative estimate of drug-likeness (QED) is 0.894. The molecule has 2 N–H and O–H groups in total. The van der Waals surface area contributed by atoms with Crippen molar-refractivity contribution < 1.29 is 4.74 Å². The van der Waals surface area contributed by atoms with E-state index in [-0.39, 0.29) is 0 Å². The van der Waals surface area contributed by atoms with Gasteiger partial charge in [0.1, 0.15) is 0 Å². The van der Waals surface area contributed by atoms with E-state index in [1.165, 1.54) is 0 Å². The molecule has 1 saturated heterocycles. The molecular formula is C13H19ClN2O. The molecule has 4 heteroatoms. The van der Waals surface area contributed by atoms with Crippen LogP contribution in [-0.4, -0.2) is 32.8 Å². The van der Waals surface area contributed by atoms with Gasteiger partial charge in [-0.3, -0.25) is 0 Å². The van der Waals surface area contributed by atoms with Gasteiger partial charge in [0.2, 0.25) is 0 Å². The molecule has 0 saturated carbocycles.